The minimum atomic E-state index is 0.184. The number of nitrogens with zero attached hydrogens (tertiary/aromatic N) is 2. The fourth-order valence-corrected chi connectivity index (χ4v) is 2.80. The van der Waals surface area contributed by atoms with Gasteiger partial charge in [-0.25, -0.2) is 4.68 Å². The highest BCUT2D eigenvalue weighted by Crippen LogP contribution is 2.29. The number of ether oxygens (including phenoxy) is 1. The van der Waals surface area contributed by atoms with Gasteiger partial charge in [0.25, 0.3) is 0 Å². The van der Waals surface area contributed by atoms with Crippen LogP contribution in [0.15, 0.2) is 48.7 Å². The summed E-state index contributed by atoms with van der Waals surface area (Å²) in [6, 6.07) is 14.9. The van der Waals surface area contributed by atoms with Gasteiger partial charge in [0, 0.05) is 6.20 Å². The molecule has 0 saturated heterocycles. The molecule has 3 nitrogen and oxygen atoms in total. The molecule has 0 aliphatic heterocycles. The van der Waals surface area contributed by atoms with Crippen LogP contribution in [0.2, 0.25) is 0 Å². The van der Waals surface area contributed by atoms with E-state index in [2.05, 4.69) is 55.3 Å². The number of aromatic nitrogens is 2. The van der Waals surface area contributed by atoms with E-state index >= 15 is 0 Å². The smallest absolute Gasteiger partial charge is 0.122 e. The summed E-state index contributed by atoms with van der Waals surface area (Å²) in [7, 11) is 0. The summed E-state index contributed by atoms with van der Waals surface area (Å²) < 4.78 is 7.78. The number of hydrogen-bond donors (Lipinski definition) is 0. The van der Waals surface area contributed by atoms with E-state index in [0.717, 1.165) is 22.7 Å². The molecule has 0 aliphatic carbocycles. The zero-order chi connectivity index (χ0) is 17.3. The Labute approximate surface area is 143 Å². The summed E-state index contributed by atoms with van der Waals surface area (Å²) in [5.41, 5.74) is 6.86. The maximum absolute atomic E-state index is 5.84. The molecule has 0 spiro atoms. The molecule has 124 valence electrons. The van der Waals surface area contributed by atoms with Gasteiger partial charge in [-0.1, -0.05) is 18.2 Å². The molecule has 0 N–H and O–H groups in total. The van der Waals surface area contributed by atoms with E-state index in [1.165, 1.54) is 16.7 Å². The summed E-state index contributed by atoms with van der Waals surface area (Å²) in [5, 5.41) is 4.54. The van der Waals surface area contributed by atoms with Crippen LogP contribution in [-0.2, 0) is 0 Å². The Hall–Kier alpha value is -2.55. The van der Waals surface area contributed by atoms with Crippen molar-refractivity contribution in [1.82, 2.24) is 9.78 Å². The summed E-state index contributed by atoms with van der Waals surface area (Å²) in [6.07, 6.45) is 2.19. The Morgan fingerprint density at radius 1 is 0.875 bits per heavy atom. The minimum absolute atomic E-state index is 0.184. The van der Waals surface area contributed by atoms with E-state index in [1.807, 2.05) is 37.7 Å². The van der Waals surface area contributed by atoms with Crippen molar-refractivity contribution in [2.75, 3.05) is 0 Å². The molecule has 0 bridgehead atoms. The predicted molar refractivity (Wildman–Crippen MR) is 99.0 cm³/mol. The molecule has 0 amide bonds. The van der Waals surface area contributed by atoms with Crippen LogP contribution in [0.1, 0.15) is 30.7 Å². The summed E-state index contributed by atoms with van der Waals surface area (Å²) in [4.78, 5) is 0. The van der Waals surface area contributed by atoms with Crippen molar-refractivity contribution in [1.29, 1.82) is 0 Å². The van der Waals surface area contributed by atoms with E-state index in [0.29, 0.717) is 0 Å². The third kappa shape index (κ3) is 3.35. The quantitative estimate of drug-likeness (QED) is 0.656. The van der Waals surface area contributed by atoms with Gasteiger partial charge in [-0.15, -0.1) is 0 Å². The lowest BCUT2D eigenvalue weighted by molar-refractivity contribution is 0.241. The lowest BCUT2D eigenvalue weighted by Crippen LogP contribution is -2.06. The second kappa shape index (κ2) is 6.52. The first-order chi connectivity index (χ1) is 11.4. The van der Waals surface area contributed by atoms with Gasteiger partial charge in [0.2, 0.25) is 0 Å². The molecule has 2 aromatic carbocycles. The molecule has 0 unspecified atom stereocenters. The Kier molecular flexibility index (Phi) is 4.43. The molecule has 0 fully saturated rings. The monoisotopic (exact) mass is 320 g/mol. The van der Waals surface area contributed by atoms with Crippen LogP contribution < -0.4 is 4.74 Å². The fraction of sp³-hybridized carbons (Fsp3) is 0.286. The van der Waals surface area contributed by atoms with Gasteiger partial charge in [0.15, 0.2) is 0 Å². The van der Waals surface area contributed by atoms with Gasteiger partial charge in [-0.05, 0) is 81.1 Å². The fourth-order valence-electron chi connectivity index (χ4n) is 2.80. The molecule has 0 atom stereocenters. The highest BCUT2D eigenvalue weighted by molar-refractivity contribution is 5.69. The number of hydrogen-bond acceptors (Lipinski definition) is 2. The van der Waals surface area contributed by atoms with Crippen molar-refractivity contribution in [3.8, 4) is 22.6 Å². The first-order valence-corrected chi connectivity index (χ1v) is 8.35. The normalized spacial score (nSPS) is 11.1. The molecule has 3 rings (SSSR count). The average molecular weight is 320 g/mol. The zero-order valence-corrected chi connectivity index (χ0v) is 15.0. The van der Waals surface area contributed by atoms with Gasteiger partial charge in [-0.3, -0.25) is 0 Å². The SMILES string of the molecule is Cc1ccn(-c2cc(-c3ccc(OC(C)C)c(C)c3)ccc2C)n1. The Morgan fingerprint density at radius 3 is 2.21 bits per heavy atom. The molecule has 1 aromatic heterocycles. The second-order valence-corrected chi connectivity index (χ2v) is 6.55. The molecular weight excluding hydrogens is 296 g/mol. The van der Waals surface area contributed by atoms with Crippen LogP contribution >= 0.6 is 0 Å². The van der Waals surface area contributed by atoms with Crippen molar-refractivity contribution in [2.45, 2.75) is 40.7 Å². The minimum Gasteiger partial charge on any atom is -0.491 e. The summed E-state index contributed by atoms with van der Waals surface area (Å²) in [6.45, 7) is 10.3. The molecule has 3 aromatic rings. The van der Waals surface area contributed by atoms with E-state index in [-0.39, 0.29) is 6.10 Å². The van der Waals surface area contributed by atoms with Crippen molar-refractivity contribution in [2.24, 2.45) is 0 Å². The van der Waals surface area contributed by atoms with Gasteiger partial charge >= 0.3 is 0 Å². The third-order valence-corrected chi connectivity index (χ3v) is 4.05. The van der Waals surface area contributed by atoms with Gasteiger partial charge in [-0.2, -0.15) is 5.10 Å². The molecule has 0 aliphatic rings. The van der Waals surface area contributed by atoms with Crippen LogP contribution in [0, 0.1) is 20.8 Å². The molecule has 3 heteroatoms. The van der Waals surface area contributed by atoms with Crippen LogP contribution in [0.4, 0.5) is 0 Å². The van der Waals surface area contributed by atoms with Crippen molar-refractivity contribution >= 4 is 0 Å². The summed E-state index contributed by atoms with van der Waals surface area (Å²) >= 11 is 0. The van der Waals surface area contributed by atoms with Crippen molar-refractivity contribution < 1.29 is 4.74 Å². The standard InChI is InChI=1S/C21H24N2O/c1-14(2)24-21-9-8-18(12-16(21)4)19-7-6-15(3)20(13-19)23-11-10-17(5)22-23/h6-14H,1-5H3. The second-order valence-electron chi connectivity index (χ2n) is 6.55. The Balaban J connectivity index is 2.00. The van der Waals surface area contributed by atoms with Gasteiger partial charge < -0.3 is 4.74 Å². The molecule has 0 radical (unpaired) electrons. The van der Waals surface area contributed by atoms with Crippen molar-refractivity contribution in [3.63, 3.8) is 0 Å². The number of aryl methyl sites for hydroxylation is 3. The lowest BCUT2D eigenvalue weighted by atomic mass is 10.0. The Bertz CT molecular complexity index is 862. The predicted octanol–water partition coefficient (Wildman–Crippen LogP) is 5.25. The topological polar surface area (TPSA) is 27.1 Å². The molecular formula is C21H24N2O. The van der Waals surface area contributed by atoms with Crippen LogP contribution in [0.5, 0.6) is 5.75 Å². The Morgan fingerprint density at radius 2 is 1.58 bits per heavy atom. The summed E-state index contributed by atoms with van der Waals surface area (Å²) in [5.74, 6) is 0.948. The first-order valence-electron chi connectivity index (χ1n) is 8.35. The maximum atomic E-state index is 5.84. The van der Waals surface area contributed by atoms with E-state index in [1.54, 1.807) is 0 Å². The number of rotatable bonds is 4. The van der Waals surface area contributed by atoms with E-state index in [9.17, 15) is 0 Å². The van der Waals surface area contributed by atoms with Gasteiger partial charge in [0.05, 0.1) is 17.5 Å². The van der Waals surface area contributed by atoms with E-state index < -0.39 is 0 Å². The van der Waals surface area contributed by atoms with Gasteiger partial charge in [0.1, 0.15) is 5.75 Å². The van der Waals surface area contributed by atoms with Crippen LogP contribution in [0.25, 0.3) is 16.8 Å². The molecule has 0 saturated carbocycles. The molecule has 24 heavy (non-hydrogen) atoms. The lowest BCUT2D eigenvalue weighted by Gasteiger charge is -2.14. The van der Waals surface area contributed by atoms with E-state index in [4.69, 9.17) is 4.74 Å². The highest BCUT2D eigenvalue weighted by atomic mass is 16.5. The van der Waals surface area contributed by atoms with Crippen LogP contribution in [0.3, 0.4) is 0 Å². The third-order valence-electron chi connectivity index (χ3n) is 4.05. The highest BCUT2D eigenvalue weighted by Gasteiger charge is 2.08. The zero-order valence-electron chi connectivity index (χ0n) is 15.0. The average Bonchev–Trinajstić information content (AvgIpc) is 2.96. The van der Waals surface area contributed by atoms with Crippen molar-refractivity contribution in [3.05, 3.63) is 65.5 Å². The van der Waals surface area contributed by atoms with Crippen LogP contribution in [-0.4, -0.2) is 15.9 Å². The number of benzene rings is 2. The first kappa shape index (κ1) is 16.3. The maximum Gasteiger partial charge on any atom is 0.122 e. The largest absolute Gasteiger partial charge is 0.491 e. The molecule has 1 heterocycles.